The maximum atomic E-state index is 11.4. The van der Waals surface area contributed by atoms with Crippen LogP contribution in [-0.2, 0) is 19.4 Å². The molecule has 7 nitrogen and oxygen atoms in total. The second kappa shape index (κ2) is 8.02. The molecule has 7 heteroatoms. The first-order chi connectivity index (χ1) is 14.5. The lowest BCUT2D eigenvalue weighted by Gasteiger charge is -2.11. The van der Waals surface area contributed by atoms with Crippen molar-refractivity contribution in [2.75, 3.05) is 11.5 Å². The number of imidazole rings is 1. The van der Waals surface area contributed by atoms with Crippen molar-refractivity contribution < 1.29 is 9.90 Å². The van der Waals surface area contributed by atoms with E-state index >= 15 is 0 Å². The van der Waals surface area contributed by atoms with Gasteiger partial charge in [-0.05, 0) is 48.7 Å². The lowest BCUT2D eigenvalue weighted by Crippen LogP contribution is -2.07. The Hall–Kier alpha value is -3.61. The summed E-state index contributed by atoms with van der Waals surface area (Å²) in [5.41, 5.74) is 16.3. The van der Waals surface area contributed by atoms with E-state index in [1.165, 1.54) is 5.56 Å². The number of aromatic nitrogens is 3. The van der Waals surface area contributed by atoms with Crippen LogP contribution in [0.25, 0.3) is 21.9 Å². The lowest BCUT2D eigenvalue weighted by atomic mass is 10.1. The van der Waals surface area contributed by atoms with E-state index in [4.69, 9.17) is 16.5 Å². The molecule has 0 bridgehead atoms. The summed E-state index contributed by atoms with van der Waals surface area (Å²) in [6.07, 6.45) is 3.76. The fraction of sp³-hybridized carbons (Fsp3) is 0.261. The maximum Gasteiger partial charge on any atom is 0.335 e. The fourth-order valence-corrected chi connectivity index (χ4v) is 3.78. The van der Waals surface area contributed by atoms with Crippen molar-refractivity contribution in [3.8, 4) is 0 Å². The first kappa shape index (κ1) is 19.7. The molecule has 0 saturated heterocycles. The number of pyridine rings is 1. The number of aromatic carboxylic acids is 1. The Balaban J connectivity index is 1.86. The van der Waals surface area contributed by atoms with E-state index in [0.29, 0.717) is 16.9 Å². The van der Waals surface area contributed by atoms with E-state index in [2.05, 4.69) is 16.5 Å². The Morgan fingerprint density at radius 2 is 1.83 bits per heavy atom. The summed E-state index contributed by atoms with van der Waals surface area (Å²) in [6, 6.07) is 12.9. The van der Waals surface area contributed by atoms with Crippen LogP contribution in [0.5, 0.6) is 0 Å². The normalized spacial score (nSPS) is 11.4. The molecule has 30 heavy (non-hydrogen) atoms. The molecule has 0 aliphatic heterocycles. The first-order valence-electron chi connectivity index (χ1n) is 10.1. The number of carbonyl (C=O) groups is 1. The number of unbranched alkanes of at least 4 members (excludes halogenated alkanes) is 1. The number of carboxylic acid groups (broad SMARTS) is 1. The van der Waals surface area contributed by atoms with Gasteiger partial charge in [-0.2, -0.15) is 0 Å². The molecule has 2 heterocycles. The fourth-order valence-electron chi connectivity index (χ4n) is 3.78. The van der Waals surface area contributed by atoms with Gasteiger partial charge in [-0.3, -0.25) is 0 Å². The van der Waals surface area contributed by atoms with Gasteiger partial charge in [-0.25, -0.2) is 14.8 Å². The van der Waals surface area contributed by atoms with Gasteiger partial charge < -0.3 is 21.1 Å². The van der Waals surface area contributed by atoms with Crippen LogP contribution in [0.15, 0.2) is 42.5 Å². The monoisotopic (exact) mass is 403 g/mol. The Morgan fingerprint density at radius 3 is 2.53 bits per heavy atom. The minimum atomic E-state index is -0.988. The number of carboxylic acids is 1. The largest absolute Gasteiger partial charge is 0.478 e. The van der Waals surface area contributed by atoms with E-state index < -0.39 is 5.97 Å². The molecule has 0 atom stereocenters. The molecule has 4 rings (SSSR count). The number of nitrogens with zero attached hydrogens (tertiary/aromatic N) is 3. The predicted octanol–water partition coefficient (Wildman–Crippen LogP) is 4.03. The number of anilines is 2. The Bertz CT molecular complexity index is 1230. The van der Waals surface area contributed by atoms with Crippen LogP contribution in [0, 0.1) is 0 Å². The van der Waals surface area contributed by atoms with Crippen LogP contribution in [0.3, 0.4) is 0 Å². The van der Waals surface area contributed by atoms with Gasteiger partial charge in [-0.1, -0.05) is 25.5 Å². The topological polar surface area (TPSA) is 120 Å². The summed E-state index contributed by atoms with van der Waals surface area (Å²) in [4.78, 5) is 20.6. The standard InChI is InChI=1S/C23H25N5O2/c1-2-3-4-19-27-20-21(28(19)12-11-14-5-8-16(24)9-6-14)17-10-7-15(23(29)30)13-18(17)26-22(20)25/h5-10,13H,2-4,11-12,24H2,1H3,(H2,25,26)(H,29,30). The van der Waals surface area contributed by atoms with Crippen molar-refractivity contribution >= 4 is 39.4 Å². The summed E-state index contributed by atoms with van der Waals surface area (Å²) in [5.74, 6) is 0.312. The number of hydrogen-bond acceptors (Lipinski definition) is 5. The number of rotatable bonds is 7. The molecule has 2 aromatic carbocycles. The molecule has 0 aliphatic carbocycles. The summed E-state index contributed by atoms with van der Waals surface area (Å²) in [5, 5.41) is 10.2. The quantitative estimate of drug-likeness (QED) is 0.401. The molecule has 0 fully saturated rings. The smallest absolute Gasteiger partial charge is 0.335 e. The number of nitrogens with two attached hydrogens (primary N) is 2. The first-order valence-corrected chi connectivity index (χ1v) is 10.1. The van der Waals surface area contributed by atoms with Crippen LogP contribution in [0.4, 0.5) is 11.5 Å². The van der Waals surface area contributed by atoms with Gasteiger partial charge in [0.15, 0.2) is 5.82 Å². The second-order valence-electron chi connectivity index (χ2n) is 7.51. The molecule has 0 aliphatic rings. The molecule has 0 saturated carbocycles. The minimum absolute atomic E-state index is 0.188. The van der Waals surface area contributed by atoms with Gasteiger partial charge in [0.2, 0.25) is 0 Å². The predicted molar refractivity (Wildman–Crippen MR) is 120 cm³/mol. The van der Waals surface area contributed by atoms with Gasteiger partial charge in [0.05, 0.1) is 16.6 Å². The van der Waals surface area contributed by atoms with Gasteiger partial charge in [-0.15, -0.1) is 0 Å². The lowest BCUT2D eigenvalue weighted by molar-refractivity contribution is 0.0697. The molecule has 154 valence electrons. The van der Waals surface area contributed by atoms with Crippen molar-refractivity contribution in [2.24, 2.45) is 0 Å². The zero-order valence-electron chi connectivity index (χ0n) is 16.9. The molecule has 2 aromatic heterocycles. The van der Waals surface area contributed by atoms with Crippen LogP contribution in [0.2, 0.25) is 0 Å². The third kappa shape index (κ3) is 3.66. The molecule has 0 spiro atoms. The number of nitrogen functional groups attached to an aromatic ring is 2. The summed E-state index contributed by atoms with van der Waals surface area (Å²) in [6.45, 7) is 2.89. The highest BCUT2D eigenvalue weighted by molar-refractivity contribution is 6.08. The van der Waals surface area contributed by atoms with Crippen LogP contribution >= 0.6 is 0 Å². The van der Waals surface area contributed by atoms with E-state index in [-0.39, 0.29) is 5.56 Å². The van der Waals surface area contributed by atoms with Gasteiger partial charge >= 0.3 is 5.97 Å². The number of benzene rings is 2. The molecule has 4 aromatic rings. The van der Waals surface area contributed by atoms with Gasteiger partial charge in [0, 0.05) is 24.0 Å². The Morgan fingerprint density at radius 1 is 1.07 bits per heavy atom. The third-order valence-electron chi connectivity index (χ3n) is 5.39. The number of aryl methyl sites for hydroxylation is 3. The summed E-state index contributed by atoms with van der Waals surface area (Å²) in [7, 11) is 0. The van der Waals surface area contributed by atoms with Crippen LogP contribution in [0.1, 0.15) is 41.5 Å². The molecular weight excluding hydrogens is 378 g/mol. The van der Waals surface area contributed by atoms with Crippen molar-refractivity contribution in [1.29, 1.82) is 0 Å². The molecule has 5 N–H and O–H groups in total. The van der Waals surface area contributed by atoms with E-state index in [1.54, 1.807) is 18.2 Å². The molecule has 0 amide bonds. The zero-order valence-corrected chi connectivity index (χ0v) is 16.9. The van der Waals surface area contributed by atoms with Crippen molar-refractivity contribution in [2.45, 2.75) is 39.2 Å². The van der Waals surface area contributed by atoms with E-state index in [9.17, 15) is 9.90 Å². The van der Waals surface area contributed by atoms with Crippen molar-refractivity contribution in [3.05, 3.63) is 59.4 Å². The number of hydrogen-bond donors (Lipinski definition) is 3. The Labute approximate surface area is 174 Å². The van der Waals surface area contributed by atoms with E-state index in [0.717, 1.165) is 54.6 Å². The minimum Gasteiger partial charge on any atom is -0.478 e. The zero-order chi connectivity index (χ0) is 21.3. The SMILES string of the molecule is CCCCc1nc2c(N)nc3cc(C(=O)O)ccc3c2n1CCc1ccc(N)cc1. The van der Waals surface area contributed by atoms with Gasteiger partial charge in [0.1, 0.15) is 11.3 Å². The molecule has 0 radical (unpaired) electrons. The molecular formula is C23H25N5O2. The Kier molecular flexibility index (Phi) is 5.27. The van der Waals surface area contributed by atoms with Crippen molar-refractivity contribution in [3.63, 3.8) is 0 Å². The maximum absolute atomic E-state index is 11.4. The third-order valence-corrected chi connectivity index (χ3v) is 5.39. The highest BCUT2D eigenvalue weighted by Gasteiger charge is 2.18. The molecule has 0 unspecified atom stereocenters. The van der Waals surface area contributed by atoms with Crippen molar-refractivity contribution in [1.82, 2.24) is 14.5 Å². The second-order valence-corrected chi connectivity index (χ2v) is 7.51. The van der Waals surface area contributed by atoms with E-state index in [1.807, 2.05) is 24.3 Å². The highest BCUT2D eigenvalue weighted by atomic mass is 16.4. The average Bonchev–Trinajstić information content (AvgIpc) is 3.10. The average molecular weight is 403 g/mol. The van der Waals surface area contributed by atoms with Crippen LogP contribution < -0.4 is 11.5 Å². The van der Waals surface area contributed by atoms with Gasteiger partial charge in [0.25, 0.3) is 0 Å². The van der Waals surface area contributed by atoms with Crippen LogP contribution in [-0.4, -0.2) is 25.6 Å². The summed E-state index contributed by atoms with van der Waals surface area (Å²) >= 11 is 0. The highest BCUT2D eigenvalue weighted by Crippen LogP contribution is 2.30. The summed E-state index contributed by atoms with van der Waals surface area (Å²) < 4.78 is 2.21. The number of fused-ring (bicyclic) bond motifs is 3.